The summed E-state index contributed by atoms with van der Waals surface area (Å²) in [6.45, 7) is 2.11. The van der Waals surface area contributed by atoms with E-state index >= 15 is 0 Å². The van der Waals surface area contributed by atoms with Gasteiger partial charge in [0.15, 0.2) is 0 Å². The highest BCUT2D eigenvalue weighted by molar-refractivity contribution is 9.10. The lowest BCUT2D eigenvalue weighted by molar-refractivity contribution is 0.645. The number of hydrogen-bond donors (Lipinski definition) is 1. The Bertz CT molecular complexity index is 572. The summed E-state index contributed by atoms with van der Waals surface area (Å²) in [5.41, 5.74) is 8.79. The SMILES string of the molecule is Cc1ccc(-c2ccc(C(N)C3CC3)s2)c(Br)c1. The number of rotatable bonds is 3. The van der Waals surface area contributed by atoms with Crippen LogP contribution in [0.1, 0.15) is 29.3 Å². The van der Waals surface area contributed by atoms with Gasteiger partial charge in [0.1, 0.15) is 0 Å². The summed E-state index contributed by atoms with van der Waals surface area (Å²) in [6.07, 6.45) is 2.59. The molecule has 0 spiro atoms. The van der Waals surface area contributed by atoms with E-state index < -0.39 is 0 Å². The van der Waals surface area contributed by atoms with E-state index in [0.29, 0.717) is 0 Å². The summed E-state index contributed by atoms with van der Waals surface area (Å²) in [4.78, 5) is 2.62. The normalized spacial score (nSPS) is 16.8. The molecule has 1 aliphatic rings. The third-order valence-corrected chi connectivity index (χ3v) is 5.35. The summed E-state index contributed by atoms with van der Waals surface area (Å²) in [5, 5.41) is 0. The zero-order valence-electron chi connectivity index (χ0n) is 10.3. The summed E-state index contributed by atoms with van der Waals surface area (Å²) < 4.78 is 1.16. The third kappa shape index (κ3) is 2.40. The smallest absolute Gasteiger partial charge is 0.0418 e. The summed E-state index contributed by atoms with van der Waals surface area (Å²) >= 11 is 5.47. The lowest BCUT2D eigenvalue weighted by Gasteiger charge is -2.06. The van der Waals surface area contributed by atoms with Gasteiger partial charge in [-0.1, -0.05) is 28.1 Å². The van der Waals surface area contributed by atoms with Crippen LogP contribution in [0.5, 0.6) is 0 Å². The molecule has 0 amide bonds. The predicted octanol–water partition coefficient (Wildman–Crippen LogP) is 4.90. The molecular weight excluding hydrogens is 306 g/mol. The van der Waals surface area contributed by atoms with Crippen molar-refractivity contribution in [1.82, 2.24) is 0 Å². The number of hydrogen-bond acceptors (Lipinski definition) is 2. The molecule has 0 aliphatic heterocycles. The number of halogens is 1. The molecule has 1 fully saturated rings. The van der Waals surface area contributed by atoms with Gasteiger partial charge < -0.3 is 5.73 Å². The van der Waals surface area contributed by atoms with Crippen LogP contribution in [-0.4, -0.2) is 0 Å². The zero-order chi connectivity index (χ0) is 12.7. The first-order valence-electron chi connectivity index (χ1n) is 6.27. The quantitative estimate of drug-likeness (QED) is 0.855. The average Bonchev–Trinajstić information content (AvgIpc) is 3.07. The van der Waals surface area contributed by atoms with Crippen LogP contribution in [0.15, 0.2) is 34.8 Å². The lowest BCUT2D eigenvalue weighted by atomic mass is 10.1. The average molecular weight is 322 g/mol. The van der Waals surface area contributed by atoms with Crippen molar-refractivity contribution in [2.75, 3.05) is 0 Å². The maximum absolute atomic E-state index is 6.25. The van der Waals surface area contributed by atoms with Crippen molar-refractivity contribution in [1.29, 1.82) is 0 Å². The van der Waals surface area contributed by atoms with E-state index in [-0.39, 0.29) is 6.04 Å². The molecule has 1 unspecified atom stereocenters. The second-order valence-electron chi connectivity index (χ2n) is 5.05. The molecule has 0 radical (unpaired) electrons. The van der Waals surface area contributed by atoms with E-state index in [0.717, 1.165) is 10.4 Å². The fourth-order valence-electron chi connectivity index (χ4n) is 2.18. The second-order valence-corrected chi connectivity index (χ2v) is 7.02. The minimum absolute atomic E-state index is 0.243. The molecule has 3 heteroatoms. The van der Waals surface area contributed by atoms with E-state index in [2.05, 4.69) is 53.2 Å². The molecule has 1 aromatic carbocycles. The Morgan fingerprint density at radius 2 is 2.06 bits per heavy atom. The molecular formula is C15H16BrNS. The maximum atomic E-state index is 6.25. The van der Waals surface area contributed by atoms with Crippen LogP contribution >= 0.6 is 27.3 Å². The highest BCUT2D eigenvalue weighted by Crippen LogP contribution is 2.43. The van der Waals surface area contributed by atoms with Gasteiger partial charge in [0.25, 0.3) is 0 Å². The van der Waals surface area contributed by atoms with Crippen LogP contribution in [0.4, 0.5) is 0 Å². The van der Waals surface area contributed by atoms with Crippen molar-refractivity contribution in [2.24, 2.45) is 11.7 Å². The molecule has 2 aromatic rings. The first kappa shape index (κ1) is 12.4. The molecule has 1 aromatic heterocycles. The lowest BCUT2D eigenvalue weighted by Crippen LogP contribution is -2.10. The van der Waals surface area contributed by atoms with Crippen LogP contribution in [0.2, 0.25) is 0 Å². The van der Waals surface area contributed by atoms with Gasteiger partial charge in [0.2, 0.25) is 0 Å². The van der Waals surface area contributed by atoms with Crippen LogP contribution in [0.3, 0.4) is 0 Å². The van der Waals surface area contributed by atoms with E-state index in [1.165, 1.54) is 33.7 Å². The first-order chi connectivity index (χ1) is 8.65. The molecule has 1 nitrogen and oxygen atoms in total. The van der Waals surface area contributed by atoms with Gasteiger partial charge in [-0.15, -0.1) is 11.3 Å². The van der Waals surface area contributed by atoms with Crippen LogP contribution in [0, 0.1) is 12.8 Å². The van der Waals surface area contributed by atoms with Crippen molar-refractivity contribution in [3.8, 4) is 10.4 Å². The Kier molecular flexibility index (Phi) is 3.31. The minimum Gasteiger partial charge on any atom is -0.323 e. The molecule has 18 heavy (non-hydrogen) atoms. The van der Waals surface area contributed by atoms with Crippen molar-refractivity contribution in [3.05, 3.63) is 45.2 Å². The van der Waals surface area contributed by atoms with Gasteiger partial charge in [-0.05, 0) is 49.4 Å². The van der Waals surface area contributed by atoms with Crippen LogP contribution < -0.4 is 5.73 Å². The molecule has 1 heterocycles. The van der Waals surface area contributed by atoms with Gasteiger partial charge in [0.05, 0.1) is 0 Å². The molecule has 2 N–H and O–H groups in total. The zero-order valence-corrected chi connectivity index (χ0v) is 12.7. The summed E-state index contributed by atoms with van der Waals surface area (Å²) in [7, 11) is 0. The Morgan fingerprint density at radius 1 is 1.28 bits per heavy atom. The van der Waals surface area contributed by atoms with Gasteiger partial charge in [-0.3, -0.25) is 0 Å². The Balaban J connectivity index is 1.92. The maximum Gasteiger partial charge on any atom is 0.0418 e. The second kappa shape index (κ2) is 4.80. The number of benzene rings is 1. The predicted molar refractivity (Wildman–Crippen MR) is 81.8 cm³/mol. The van der Waals surface area contributed by atoms with Gasteiger partial charge in [-0.25, -0.2) is 0 Å². The van der Waals surface area contributed by atoms with E-state index in [9.17, 15) is 0 Å². The Hall–Kier alpha value is -0.640. The fourth-order valence-corrected chi connectivity index (χ4v) is 4.17. The third-order valence-electron chi connectivity index (χ3n) is 3.48. The van der Waals surface area contributed by atoms with Crippen molar-refractivity contribution < 1.29 is 0 Å². The van der Waals surface area contributed by atoms with E-state index in [4.69, 9.17) is 5.73 Å². The van der Waals surface area contributed by atoms with Crippen LogP contribution in [0.25, 0.3) is 10.4 Å². The highest BCUT2D eigenvalue weighted by atomic mass is 79.9. The standard InChI is InChI=1S/C15H16BrNS/c1-9-2-5-11(12(16)8-9)13-6-7-14(18-13)15(17)10-3-4-10/h2,5-8,10,15H,3-4,17H2,1H3. The minimum atomic E-state index is 0.243. The van der Waals surface area contributed by atoms with Crippen molar-refractivity contribution >= 4 is 27.3 Å². The highest BCUT2D eigenvalue weighted by Gasteiger charge is 2.30. The van der Waals surface area contributed by atoms with Gasteiger partial charge >= 0.3 is 0 Å². The van der Waals surface area contributed by atoms with Crippen molar-refractivity contribution in [2.45, 2.75) is 25.8 Å². The van der Waals surface area contributed by atoms with Crippen LogP contribution in [-0.2, 0) is 0 Å². The largest absolute Gasteiger partial charge is 0.323 e. The molecule has 1 aliphatic carbocycles. The fraction of sp³-hybridized carbons (Fsp3) is 0.333. The molecule has 0 saturated heterocycles. The van der Waals surface area contributed by atoms with Gasteiger partial charge in [-0.2, -0.15) is 0 Å². The molecule has 1 atom stereocenters. The monoisotopic (exact) mass is 321 g/mol. The Morgan fingerprint density at radius 3 is 2.72 bits per heavy atom. The molecule has 1 saturated carbocycles. The number of nitrogens with two attached hydrogens (primary N) is 1. The molecule has 94 valence electrons. The number of aryl methyl sites for hydroxylation is 1. The van der Waals surface area contributed by atoms with E-state index in [1.54, 1.807) is 0 Å². The van der Waals surface area contributed by atoms with Gasteiger partial charge in [0, 0.05) is 25.8 Å². The Labute approximate surface area is 120 Å². The first-order valence-corrected chi connectivity index (χ1v) is 7.88. The van der Waals surface area contributed by atoms with Crippen molar-refractivity contribution in [3.63, 3.8) is 0 Å². The van der Waals surface area contributed by atoms with E-state index in [1.807, 2.05) is 11.3 Å². The topological polar surface area (TPSA) is 26.0 Å². The molecule has 3 rings (SSSR count). The summed E-state index contributed by atoms with van der Waals surface area (Å²) in [5.74, 6) is 0.720. The summed E-state index contributed by atoms with van der Waals surface area (Å²) in [6, 6.07) is 11.1. The molecule has 0 bridgehead atoms. The number of thiophene rings is 1.